The lowest BCUT2D eigenvalue weighted by molar-refractivity contribution is 0.298. The Morgan fingerprint density at radius 3 is 2.53 bits per heavy atom. The lowest BCUT2D eigenvalue weighted by atomic mass is 10.2. The first kappa shape index (κ1) is 11.5. The Balaban J connectivity index is 2.57. The van der Waals surface area contributed by atoms with Gasteiger partial charge in [-0.25, -0.2) is 0 Å². The summed E-state index contributed by atoms with van der Waals surface area (Å²) in [4.78, 5) is 2.13. The molecular weight excluding hydrogens is 186 g/mol. The molecule has 0 amide bonds. The molecule has 1 aromatic rings. The molecule has 0 aromatic heterocycles. The Kier molecular flexibility index (Phi) is 4.65. The second-order valence-electron chi connectivity index (χ2n) is 3.61. The molecule has 1 rings (SSSR count). The van der Waals surface area contributed by atoms with Crippen LogP contribution in [0, 0.1) is 11.3 Å². The van der Waals surface area contributed by atoms with E-state index in [0.717, 1.165) is 25.2 Å². The molecule has 1 aromatic carbocycles. The summed E-state index contributed by atoms with van der Waals surface area (Å²) in [7, 11) is 0. The highest BCUT2D eigenvalue weighted by atomic mass is 15.1. The van der Waals surface area contributed by atoms with Gasteiger partial charge in [0.25, 0.3) is 0 Å². The van der Waals surface area contributed by atoms with E-state index in [0.29, 0.717) is 6.54 Å². The molecule has 15 heavy (non-hydrogen) atoms. The predicted molar refractivity (Wildman–Crippen MR) is 62.0 cm³/mol. The van der Waals surface area contributed by atoms with E-state index in [9.17, 15) is 0 Å². The summed E-state index contributed by atoms with van der Waals surface area (Å²) in [6, 6.07) is 9.99. The molecule has 0 aliphatic heterocycles. The van der Waals surface area contributed by atoms with Crippen molar-refractivity contribution in [3.63, 3.8) is 0 Å². The van der Waals surface area contributed by atoms with E-state index in [2.05, 4.69) is 17.9 Å². The van der Waals surface area contributed by atoms with Gasteiger partial charge in [-0.05, 0) is 30.7 Å². The van der Waals surface area contributed by atoms with Crippen molar-refractivity contribution >= 4 is 5.69 Å². The zero-order chi connectivity index (χ0) is 11.1. The Labute approximate surface area is 91.1 Å². The Morgan fingerprint density at radius 2 is 2.00 bits per heavy atom. The van der Waals surface area contributed by atoms with Crippen LogP contribution in [0.15, 0.2) is 24.3 Å². The summed E-state index contributed by atoms with van der Waals surface area (Å²) in [5.41, 5.74) is 7.59. The number of nitrogens with two attached hydrogens (primary N) is 1. The van der Waals surface area contributed by atoms with Gasteiger partial charge >= 0.3 is 0 Å². The zero-order valence-electron chi connectivity index (χ0n) is 9.11. The van der Waals surface area contributed by atoms with Crippen LogP contribution in [0.5, 0.6) is 0 Å². The van der Waals surface area contributed by atoms with Gasteiger partial charge in [-0.3, -0.25) is 4.90 Å². The Bertz CT molecular complexity index is 324. The van der Waals surface area contributed by atoms with Crippen LogP contribution >= 0.6 is 0 Å². The first-order valence-corrected chi connectivity index (χ1v) is 5.20. The highest BCUT2D eigenvalue weighted by Crippen LogP contribution is 2.08. The minimum Gasteiger partial charge on any atom is -0.399 e. The van der Waals surface area contributed by atoms with Crippen LogP contribution in [0.1, 0.15) is 18.9 Å². The molecular formula is C12H17N3. The van der Waals surface area contributed by atoms with E-state index >= 15 is 0 Å². The summed E-state index contributed by atoms with van der Waals surface area (Å²) in [5.74, 6) is 0. The number of benzene rings is 1. The minimum absolute atomic E-state index is 0.484. The topological polar surface area (TPSA) is 53.0 Å². The average Bonchev–Trinajstić information content (AvgIpc) is 2.22. The van der Waals surface area contributed by atoms with Crippen LogP contribution in [0.3, 0.4) is 0 Å². The van der Waals surface area contributed by atoms with Crippen molar-refractivity contribution in [2.24, 2.45) is 0 Å². The minimum atomic E-state index is 0.484. The zero-order valence-corrected chi connectivity index (χ0v) is 9.11. The predicted octanol–water partition coefficient (Wildman–Crippen LogP) is 2.00. The molecule has 0 radical (unpaired) electrons. The smallest absolute Gasteiger partial charge is 0.0868 e. The van der Waals surface area contributed by atoms with Crippen molar-refractivity contribution in [2.75, 3.05) is 18.8 Å². The number of nitrogen functional groups attached to an aromatic ring is 1. The van der Waals surface area contributed by atoms with Gasteiger partial charge in [-0.15, -0.1) is 0 Å². The molecule has 0 bridgehead atoms. The van der Waals surface area contributed by atoms with E-state index in [1.54, 1.807) is 0 Å². The molecule has 3 heteroatoms. The standard InChI is InChI=1S/C12H17N3/c1-2-8-15(9-7-13)10-11-3-5-12(14)6-4-11/h3-6H,2,8-10,14H2,1H3. The normalized spacial score (nSPS) is 10.2. The van der Waals surface area contributed by atoms with Gasteiger partial charge in [0.15, 0.2) is 0 Å². The van der Waals surface area contributed by atoms with Gasteiger partial charge < -0.3 is 5.73 Å². The number of nitriles is 1. The van der Waals surface area contributed by atoms with Gasteiger partial charge in [0, 0.05) is 12.2 Å². The van der Waals surface area contributed by atoms with E-state index in [4.69, 9.17) is 11.0 Å². The molecule has 0 unspecified atom stereocenters. The fourth-order valence-electron chi connectivity index (χ4n) is 1.51. The van der Waals surface area contributed by atoms with Crippen molar-refractivity contribution in [3.05, 3.63) is 29.8 Å². The SMILES string of the molecule is CCCN(CC#N)Cc1ccc(N)cc1. The summed E-state index contributed by atoms with van der Waals surface area (Å²) in [6.07, 6.45) is 1.07. The van der Waals surface area contributed by atoms with Crippen molar-refractivity contribution < 1.29 is 0 Å². The van der Waals surface area contributed by atoms with Crippen LogP contribution in [0.25, 0.3) is 0 Å². The summed E-state index contributed by atoms with van der Waals surface area (Å²) >= 11 is 0. The number of hydrogen-bond donors (Lipinski definition) is 1. The average molecular weight is 203 g/mol. The lowest BCUT2D eigenvalue weighted by Gasteiger charge is -2.18. The second-order valence-corrected chi connectivity index (χ2v) is 3.61. The lowest BCUT2D eigenvalue weighted by Crippen LogP contribution is -2.24. The third kappa shape index (κ3) is 4.01. The van der Waals surface area contributed by atoms with Gasteiger partial charge in [-0.2, -0.15) is 5.26 Å². The van der Waals surface area contributed by atoms with Gasteiger partial charge in [0.1, 0.15) is 0 Å². The quantitative estimate of drug-likeness (QED) is 0.588. The molecule has 0 saturated carbocycles. The Morgan fingerprint density at radius 1 is 1.33 bits per heavy atom. The van der Waals surface area contributed by atoms with Crippen LogP contribution in [-0.2, 0) is 6.54 Å². The number of rotatable bonds is 5. The number of nitrogens with zero attached hydrogens (tertiary/aromatic N) is 2. The molecule has 2 N–H and O–H groups in total. The van der Waals surface area contributed by atoms with E-state index in [1.165, 1.54) is 5.56 Å². The number of anilines is 1. The first-order valence-electron chi connectivity index (χ1n) is 5.20. The van der Waals surface area contributed by atoms with Gasteiger partial charge in [0.05, 0.1) is 12.6 Å². The van der Waals surface area contributed by atoms with Crippen molar-refractivity contribution in [2.45, 2.75) is 19.9 Å². The highest BCUT2D eigenvalue weighted by molar-refractivity contribution is 5.39. The molecule has 3 nitrogen and oxygen atoms in total. The van der Waals surface area contributed by atoms with Crippen LogP contribution in [-0.4, -0.2) is 18.0 Å². The van der Waals surface area contributed by atoms with Crippen LogP contribution in [0.2, 0.25) is 0 Å². The first-order chi connectivity index (χ1) is 7.26. The Hall–Kier alpha value is -1.53. The molecule has 0 heterocycles. The van der Waals surface area contributed by atoms with E-state index in [1.807, 2.05) is 24.3 Å². The third-order valence-corrected chi connectivity index (χ3v) is 2.22. The summed E-state index contributed by atoms with van der Waals surface area (Å²) < 4.78 is 0. The van der Waals surface area contributed by atoms with Gasteiger partial charge in [-0.1, -0.05) is 19.1 Å². The fourth-order valence-corrected chi connectivity index (χ4v) is 1.51. The van der Waals surface area contributed by atoms with E-state index in [-0.39, 0.29) is 0 Å². The van der Waals surface area contributed by atoms with Crippen molar-refractivity contribution in [1.29, 1.82) is 5.26 Å². The molecule has 80 valence electrons. The fraction of sp³-hybridized carbons (Fsp3) is 0.417. The van der Waals surface area contributed by atoms with Gasteiger partial charge in [0.2, 0.25) is 0 Å². The molecule has 0 aliphatic rings. The maximum Gasteiger partial charge on any atom is 0.0868 e. The maximum absolute atomic E-state index is 8.67. The van der Waals surface area contributed by atoms with Crippen molar-refractivity contribution in [3.8, 4) is 6.07 Å². The maximum atomic E-state index is 8.67. The molecule has 0 fully saturated rings. The molecule has 0 spiro atoms. The van der Waals surface area contributed by atoms with Crippen LogP contribution in [0.4, 0.5) is 5.69 Å². The molecule has 0 atom stereocenters. The monoisotopic (exact) mass is 203 g/mol. The molecule has 0 saturated heterocycles. The third-order valence-electron chi connectivity index (χ3n) is 2.22. The highest BCUT2D eigenvalue weighted by Gasteiger charge is 2.03. The summed E-state index contributed by atoms with van der Waals surface area (Å²) in [6.45, 7) is 4.38. The summed E-state index contributed by atoms with van der Waals surface area (Å²) in [5, 5.41) is 8.67. The van der Waals surface area contributed by atoms with E-state index < -0.39 is 0 Å². The van der Waals surface area contributed by atoms with Crippen molar-refractivity contribution in [1.82, 2.24) is 4.90 Å². The molecule has 0 aliphatic carbocycles. The second kappa shape index (κ2) is 6.05. The number of hydrogen-bond acceptors (Lipinski definition) is 3. The largest absolute Gasteiger partial charge is 0.399 e. The van der Waals surface area contributed by atoms with Crippen LogP contribution < -0.4 is 5.73 Å².